The number of hydrogen-bond acceptors (Lipinski definition) is 6. The molecule has 2 rings (SSSR count). The number of halogens is 3. The molecule has 0 aliphatic carbocycles. The second-order valence-corrected chi connectivity index (χ2v) is 5.50. The first-order chi connectivity index (χ1) is 11.9. The molecule has 0 radical (unpaired) electrons. The van der Waals surface area contributed by atoms with E-state index in [0.29, 0.717) is 5.75 Å². The molecule has 0 fully saturated rings. The molecule has 0 unspecified atom stereocenters. The third kappa shape index (κ3) is 5.69. The first-order valence-electron chi connectivity index (χ1n) is 6.88. The zero-order valence-corrected chi connectivity index (χ0v) is 13.9. The van der Waals surface area contributed by atoms with Crippen LogP contribution >= 0.6 is 11.8 Å². The van der Waals surface area contributed by atoms with Crippen LogP contribution < -0.4 is 10.2 Å². The summed E-state index contributed by atoms with van der Waals surface area (Å²) < 4.78 is 43.8. The fourth-order valence-electron chi connectivity index (χ4n) is 1.66. The maximum Gasteiger partial charge on any atom is 0.433 e. The molecule has 25 heavy (non-hydrogen) atoms. The van der Waals surface area contributed by atoms with Gasteiger partial charge in [0, 0.05) is 6.07 Å². The topological polar surface area (TPSA) is 59.4 Å². The predicted molar refractivity (Wildman–Crippen MR) is 90.8 cm³/mol. The zero-order valence-electron chi connectivity index (χ0n) is 13.0. The summed E-state index contributed by atoms with van der Waals surface area (Å²) in [7, 11) is 1.55. The lowest BCUT2D eigenvalue weighted by atomic mass is 10.2. The molecular weight excluding hydrogens is 353 g/mol. The van der Waals surface area contributed by atoms with Crippen molar-refractivity contribution in [1.82, 2.24) is 9.97 Å². The van der Waals surface area contributed by atoms with E-state index >= 15 is 0 Å². The molecule has 0 bridgehead atoms. The van der Waals surface area contributed by atoms with Crippen molar-refractivity contribution in [1.29, 1.82) is 0 Å². The van der Waals surface area contributed by atoms with Gasteiger partial charge in [0.2, 0.25) is 0 Å². The molecular formula is C16H13F3N4OS. The average Bonchev–Trinajstić information content (AvgIpc) is 2.59. The highest BCUT2D eigenvalue weighted by atomic mass is 32.2. The van der Waals surface area contributed by atoms with Gasteiger partial charge in [-0.1, -0.05) is 17.7 Å². The van der Waals surface area contributed by atoms with Crippen LogP contribution in [-0.2, 0) is 6.18 Å². The molecule has 1 aromatic heterocycles. The first-order valence-corrected chi connectivity index (χ1v) is 7.86. The van der Waals surface area contributed by atoms with Crippen molar-refractivity contribution in [3.63, 3.8) is 0 Å². The molecule has 5 nitrogen and oxygen atoms in total. The number of anilines is 1. The molecule has 0 saturated carbocycles. The van der Waals surface area contributed by atoms with Crippen LogP contribution in [0.25, 0.3) is 0 Å². The lowest BCUT2D eigenvalue weighted by Crippen LogP contribution is -2.10. The number of alkyl halides is 3. The van der Waals surface area contributed by atoms with Gasteiger partial charge in [0.1, 0.15) is 5.75 Å². The van der Waals surface area contributed by atoms with Crippen molar-refractivity contribution in [2.45, 2.75) is 11.3 Å². The predicted octanol–water partition coefficient (Wildman–Crippen LogP) is 3.68. The largest absolute Gasteiger partial charge is 0.497 e. The number of thioether (sulfide) groups is 1. The SMILES string of the molecule is C#CCSc1nc(NN=Cc2ccc(OC)cc2)cc(C(F)(F)F)n1. The molecule has 0 amide bonds. The summed E-state index contributed by atoms with van der Waals surface area (Å²) in [5, 5.41) is 3.81. The number of nitrogens with one attached hydrogen (secondary N) is 1. The van der Waals surface area contributed by atoms with E-state index in [1.807, 2.05) is 0 Å². The average molecular weight is 366 g/mol. The molecule has 0 aliphatic heterocycles. The van der Waals surface area contributed by atoms with Gasteiger partial charge in [0.15, 0.2) is 16.7 Å². The minimum Gasteiger partial charge on any atom is -0.497 e. The van der Waals surface area contributed by atoms with Crippen LogP contribution in [-0.4, -0.2) is 29.0 Å². The fourth-order valence-corrected chi connectivity index (χ4v) is 2.20. The van der Waals surface area contributed by atoms with E-state index in [4.69, 9.17) is 11.2 Å². The highest BCUT2D eigenvalue weighted by Crippen LogP contribution is 2.30. The maximum atomic E-state index is 12.9. The van der Waals surface area contributed by atoms with Gasteiger partial charge < -0.3 is 4.74 Å². The standard InChI is InChI=1S/C16H13F3N4OS/c1-3-8-25-15-21-13(16(17,18)19)9-14(22-15)23-20-10-11-4-6-12(24-2)7-5-11/h1,4-7,9-10H,8H2,2H3,(H,21,22,23). The molecule has 1 heterocycles. The monoisotopic (exact) mass is 366 g/mol. The first kappa shape index (κ1) is 18.6. The summed E-state index contributed by atoms with van der Waals surface area (Å²) in [6.07, 6.45) is 1.96. The number of methoxy groups -OCH3 is 1. The van der Waals surface area contributed by atoms with Crippen LogP contribution in [0.1, 0.15) is 11.3 Å². The minimum absolute atomic E-state index is 0.0741. The summed E-state index contributed by atoms with van der Waals surface area (Å²) in [5.74, 6) is 3.08. The Bertz CT molecular complexity index is 785. The molecule has 0 aliphatic rings. The number of aromatic nitrogens is 2. The molecule has 1 aromatic carbocycles. The highest BCUT2D eigenvalue weighted by molar-refractivity contribution is 7.99. The summed E-state index contributed by atoms with van der Waals surface area (Å²) in [4.78, 5) is 7.41. The van der Waals surface area contributed by atoms with Gasteiger partial charge in [0.25, 0.3) is 0 Å². The number of rotatable bonds is 6. The van der Waals surface area contributed by atoms with Crippen LogP contribution in [0.2, 0.25) is 0 Å². The maximum absolute atomic E-state index is 12.9. The van der Waals surface area contributed by atoms with Crippen LogP contribution in [0.5, 0.6) is 5.75 Å². The van der Waals surface area contributed by atoms with Crippen LogP contribution in [0.15, 0.2) is 40.6 Å². The third-order valence-corrected chi connectivity index (χ3v) is 3.54. The van der Waals surface area contributed by atoms with Gasteiger partial charge in [0.05, 0.1) is 19.1 Å². The lowest BCUT2D eigenvalue weighted by Gasteiger charge is -2.09. The van der Waals surface area contributed by atoms with Gasteiger partial charge in [-0.3, -0.25) is 5.43 Å². The van der Waals surface area contributed by atoms with E-state index in [2.05, 4.69) is 26.4 Å². The highest BCUT2D eigenvalue weighted by Gasteiger charge is 2.33. The van der Waals surface area contributed by atoms with E-state index in [0.717, 1.165) is 23.4 Å². The molecule has 0 spiro atoms. The molecule has 9 heteroatoms. The normalized spacial score (nSPS) is 11.3. The summed E-state index contributed by atoms with van der Waals surface area (Å²) in [5.41, 5.74) is 2.14. The van der Waals surface area contributed by atoms with E-state index in [1.165, 1.54) is 6.21 Å². The molecule has 1 N–H and O–H groups in total. The van der Waals surface area contributed by atoms with Crippen LogP contribution in [0.3, 0.4) is 0 Å². The van der Waals surface area contributed by atoms with Crippen LogP contribution in [0.4, 0.5) is 19.0 Å². The van der Waals surface area contributed by atoms with Crippen LogP contribution in [0, 0.1) is 12.3 Å². The number of terminal acetylenes is 1. The van der Waals surface area contributed by atoms with Crippen molar-refractivity contribution >= 4 is 23.8 Å². The number of benzene rings is 1. The van der Waals surface area contributed by atoms with Crippen molar-refractivity contribution in [2.75, 3.05) is 18.3 Å². The Morgan fingerprint density at radius 1 is 1.32 bits per heavy atom. The van der Waals surface area contributed by atoms with Gasteiger partial charge in [-0.2, -0.15) is 18.3 Å². The van der Waals surface area contributed by atoms with Crippen molar-refractivity contribution in [3.8, 4) is 18.1 Å². The van der Waals surface area contributed by atoms with E-state index in [1.54, 1.807) is 31.4 Å². The lowest BCUT2D eigenvalue weighted by molar-refractivity contribution is -0.141. The number of hydrazone groups is 1. The van der Waals surface area contributed by atoms with E-state index < -0.39 is 11.9 Å². The molecule has 0 saturated heterocycles. The Kier molecular flexibility index (Phi) is 6.25. The van der Waals surface area contributed by atoms with Gasteiger partial charge in [-0.25, -0.2) is 9.97 Å². The Balaban J connectivity index is 2.16. The third-order valence-electron chi connectivity index (χ3n) is 2.79. The quantitative estimate of drug-likeness (QED) is 0.278. The fraction of sp³-hybridized carbons (Fsp3) is 0.188. The summed E-state index contributed by atoms with van der Waals surface area (Å²) in [6.45, 7) is 0. The molecule has 0 atom stereocenters. The van der Waals surface area contributed by atoms with E-state index in [9.17, 15) is 13.2 Å². The number of nitrogens with zero attached hydrogens (tertiary/aromatic N) is 3. The smallest absolute Gasteiger partial charge is 0.433 e. The van der Waals surface area contributed by atoms with Gasteiger partial charge >= 0.3 is 6.18 Å². The van der Waals surface area contributed by atoms with Crippen molar-refractivity contribution in [3.05, 3.63) is 41.6 Å². The zero-order chi connectivity index (χ0) is 18.3. The minimum atomic E-state index is -4.59. The summed E-state index contributed by atoms with van der Waals surface area (Å²) in [6, 6.07) is 7.76. The molecule has 130 valence electrons. The Labute approximate surface area is 146 Å². The molecule has 2 aromatic rings. The Hall–Kier alpha value is -2.73. The van der Waals surface area contributed by atoms with Crippen molar-refractivity contribution in [2.24, 2.45) is 5.10 Å². The second-order valence-electron chi connectivity index (χ2n) is 4.55. The summed E-state index contributed by atoms with van der Waals surface area (Å²) >= 11 is 0.935. The number of ether oxygens (including phenoxy) is 1. The van der Waals surface area contributed by atoms with Gasteiger partial charge in [-0.15, -0.1) is 6.42 Å². The Morgan fingerprint density at radius 2 is 2.04 bits per heavy atom. The van der Waals surface area contributed by atoms with Gasteiger partial charge in [-0.05, 0) is 29.8 Å². The van der Waals surface area contributed by atoms with E-state index in [-0.39, 0.29) is 16.7 Å². The second kappa shape index (κ2) is 8.39. The number of hydrogen-bond donors (Lipinski definition) is 1. The Morgan fingerprint density at radius 3 is 2.64 bits per heavy atom. The van der Waals surface area contributed by atoms with Crippen molar-refractivity contribution < 1.29 is 17.9 Å².